The van der Waals surface area contributed by atoms with Crippen molar-refractivity contribution in [2.75, 3.05) is 19.4 Å². The van der Waals surface area contributed by atoms with Crippen molar-refractivity contribution >= 4 is 35.8 Å². The van der Waals surface area contributed by atoms with Gasteiger partial charge >= 0.3 is 6.72 Å². The third kappa shape index (κ3) is 5.91. The Morgan fingerprint density at radius 2 is 2.20 bits per heavy atom. The molecule has 0 aliphatic carbocycles. The van der Waals surface area contributed by atoms with E-state index in [9.17, 15) is 4.57 Å². The molecule has 6 heteroatoms. The summed E-state index contributed by atoms with van der Waals surface area (Å²) in [5.74, 6) is 1.45. The first kappa shape index (κ1) is 15.4. The average molecular weight is 269 g/mol. The Kier molecular flexibility index (Phi) is 7.88. The van der Waals surface area contributed by atoms with Crippen LogP contribution in [-0.4, -0.2) is 29.6 Å². The predicted molar refractivity (Wildman–Crippen MR) is 72.6 cm³/mol. The molecule has 0 fully saturated rings. The molecule has 0 saturated heterocycles. The molecule has 0 spiro atoms. The molecule has 0 amide bonds. The lowest BCUT2D eigenvalue weighted by Gasteiger charge is -2.24. The van der Waals surface area contributed by atoms with Gasteiger partial charge in [-0.1, -0.05) is 26.1 Å². The maximum atomic E-state index is 12.3. The summed E-state index contributed by atoms with van der Waals surface area (Å²) in [5, 5.41) is 0. The minimum atomic E-state index is -2.78. The fraction of sp³-hybridized carbons (Fsp3) is 0.889. The monoisotopic (exact) mass is 269 g/mol. The minimum absolute atomic E-state index is 0.444. The van der Waals surface area contributed by atoms with Gasteiger partial charge in [-0.15, -0.1) is 0 Å². The van der Waals surface area contributed by atoms with Gasteiger partial charge in [0.1, 0.15) is 0 Å². The first-order valence-electron chi connectivity index (χ1n) is 5.04. The molecule has 0 aromatic heterocycles. The van der Waals surface area contributed by atoms with Crippen LogP contribution in [0.1, 0.15) is 27.2 Å². The second kappa shape index (κ2) is 7.66. The fourth-order valence-corrected chi connectivity index (χ4v) is 5.32. The van der Waals surface area contributed by atoms with Crippen LogP contribution in [0.2, 0.25) is 0 Å². The van der Waals surface area contributed by atoms with Crippen LogP contribution in [0.3, 0.4) is 0 Å². The lowest BCUT2D eigenvalue weighted by atomic mass is 10.2. The normalized spacial score (nSPS) is 15.0. The Balaban J connectivity index is 4.25. The van der Waals surface area contributed by atoms with Crippen molar-refractivity contribution in [3.63, 3.8) is 0 Å². The second-order valence-electron chi connectivity index (χ2n) is 3.58. The van der Waals surface area contributed by atoms with Crippen LogP contribution in [0.25, 0.3) is 0 Å². The third-order valence-electron chi connectivity index (χ3n) is 1.78. The van der Waals surface area contributed by atoms with E-state index in [1.54, 1.807) is 7.05 Å². The first-order chi connectivity index (χ1) is 6.96. The fourth-order valence-electron chi connectivity index (χ4n) is 0.844. The SMILES string of the molecule is CCOP(=O)(SCCC(C)C)N(C)C=S. The van der Waals surface area contributed by atoms with Crippen molar-refractivity contribution in [1.82, 2.24) is 4.67 Å². The molecule has 0 radical (unpaired) electrons. The summed E-state index contributed by atoms with van der Waals surface area (Å²) >= 11 is 6.15. The van der Waals surface area contributed by atoms with E-state index in [-0.39, 0.29) is 0 Å². The molecular formula is C9H20NO2PS2. The zero-order valence-corrected chi connectivity index (χ0v) is 12.3. The minimum Gasteiger partial charge on any atom is -0.306 e. The largest absolute Gasteiger partial charge is 0.353 e. The van der Waals surface area contributed by atoms with E-state index in [1.165, 1.54) is 21.5 Å². The molecule has 0 aliphatic heterocycles. The van der Waals surface area contributed by atoms with E-state index >= 15 is 0 Å². The summed E-state index contributed by atoms with van der Waals surface area (Å²) in [6, 6.07) is 0. The lowest BCUT2D eigenvalue weighted by Crippen LogP contribution is -2.12. The smallest absolute Gasteiger partial charge is 0.306 e. The molecule has 0 bridgehead atoms. The number of hydrogen-bond acceptors (Lipinski definition) is 4. The summed E-state index contributed by atoms with van der Waals surface area (Å²) < 4.78 is 19.1. The maximum absolute atomic E-state index is 12.3. The molecule has 0 aliphatic rings. The molecule has 0 aromatic carbocycles. The van der Waals surface area contributed by atoms with Crippen LogP contribution in [0, 0.1) is 5.92 Å². The van der Waals surface area contributed by atoms with Crippen LogP contribution in [0.4, 0.5) is 0 Å². The van der Waals surface area contributed by atoms with Gasteiger partial charge in [-0.25, -0.2) is 0 Å². The van der Waals surface area contributed by atoms with Crippen LogP contribution < -0.4 is 0 Å². The molecule has 1 unspecified atom stereocenters. The third-order valence-corrected chi connectivity index (χ3v) is 7.09. The van der Waals surface area contributed by atoms with E-state index in [4.69, 9.17) is 16.7 Å². The summed E-state index contributed by atoms with van der Waals surface area (Å²) in [5.41, 5.74) is 1.39. The van der Waals surface area contributed by atoms with Crippen molar-refractivity contribution in [2.24, 2.45) is 5.92 Å². The summed E-state index contributed by atoms with van der Waals surface area (Å²) in [4.78, 5) is 0. The number of hydrogen-bond donors (Lipinski definition) is 0. The zero-order valence-electron chi connectivity index (χ0n) is 9.80. The zero-order chi connectivity index (χ0) is 11.9. The number of nitrogens with zero attached hydrogens (tertiary/aromatic N) is 1. The van der Waals surface area contributed by atoms with Crippen molar-refractivity contribution in [2.45, 2.75) is 27.2 Å². The molecule has 90 valence electrons. The topological polar surface area (TPSA) is 29.5 Å². The Morgan fingerprint density at radius 1 is 1.60 bits per heavy atom. The van der Waals surface area contributed by atoms with Gasteiger partial charge in [-0.05, 0) is 30.6 Å². The van der Waals surface area contributed by atoms with E-state index in [0.717, 1.165) is 12.2 Å². The van der Waals surface area contributed by atoms with Crippen LogP contribution >= 0.6 is 30.3 Å². The van der Waals surface area contributed by atoms with Crippen LogP contribution in [0.15, 0.2) is 0 Å². The highest BCUT2D eigenvalue weighted by Gasteiger charge is 2.27. The van der Waals surface area contributed by atoms with E-state index in [1.807, 2.05) is 6.92 Å². The average Bonchev–Trinajstić information content (AvgIpc) is 2.16. The Hall–Kier alpha value is 0.430. The second-order valence-corrected chi connectivity index (χ2v) is 8.44. The molecule has 15 heavy (non-hydrogen) atoms. The Labute approximate surface area is 102 Å². The molecule has 1 atom stereocenters. The highest BCUT2D eigenvalue weighted by molar-refractivity contribution is 8.56. The molecule has 0 N–H and O–H groups in total. The van der Waals surface area contributed by atoms with Gasteiger partial charge in [0, 0.05) is 12.8 Å². The molecule has 0 rings (SSSR count). The highest BCUT2D eigenvalue weighted by Crippen LogP contribution is 2.61. The lowest BCUT2D eigenvalue weighted by molar-refractivity contribution is 0.325. The van der Waals surface area contributed by atoms with Gasteiger partial charge in [0.15, 0.2) is 0 Å². The molecule has 0 saturated carbocycles. The Morgan fingerprint density at radius 3 is 2.60 bits per heavy atom. The van der Waals surface area contributed by atoms with Crippen molar-refractivity contribution in [1.29, 1.82) is 0 Å². The van der Waals surface area contributed by atoms with Gasteiger partial charge in [0.05, 0.1) is 12.1 Å². The van der Waals surface area contributed by atoms with Crippen LogP contribution in [0.5, 0.6) is 0 Å². The quantitative estimate of drug-likeness (QED) is 0.494. The molecule has 0 heterocycles. The Bertz CT molecular complexity index is 236. The van der Waals surface area contributed by atoms with E-state index < -0.39 is 6.72 Å². The maximum Gasteiger partial charge on any atom is 0.353 e. The van der Waals surface area contributed by atoms with Gasteiger partial charge in [0.25, 0.3) is 0 Å². The standard InChI is InChI=1S/C9H20NO2PS2/c1-5-12-13(11,10(4)8-14)15-7-6-9(2)3/h8-9H,5-7H2,1-4H3. The number of thiocarbonyl (C=S) groups is 1. The van der Waals surface area contributed by atoms with E-state index in [2.05, 4.69) is 13.8 Å². The van der Waals surface area contributed by atoms with E-state index in [0.29, 0.717) is 12.5 Å². The number of rotatable bonds is 8. The van der Waals surface area contributed by atoms with Crippen molar-refractivity contribution < 1.29 is 9.09 Å². The van der Waals surface area contributed by atoms with Gasteiger partial charge < -0.3 is 4.52 Å². The van der Waals surface area contributed by atoms with Crippen molar-refractivity contribution in [3.05, 3.63) is 0 Å². The van der Waals surface area contributed by atoms with Gasteiger partial charge in [-0.2, -0.15) is 0 Å². The molecule has 0 aromatic rings. The predicted octanol–water partition coefficient (Wildman–Crippen LogP) is 3.80. The molecular weight excluding hydrogens is 249 g/mol. The van der Waals surface area contributed by atoms with Crippen LogP contribution in [-0.2, 0) is 9.09 Å². The van der Waals surface area contributed by atoms with Gasteiger partial charge in [0.2, 0.25) is 0 Å². The highest BCUT2D eigenvalue weighted by atomic mass is 32.7. The molecule has 3 nitrogen and oxygen atoms in total. The summed E-state index contributed by atoms with van der Waals surface area (Å²) in [7, 11) is 1.70. The van der Waals surface area contributed by atoms with Gasteiger partial charge in [-0.3, -0.25) is 9.24 Å². The van der Waals surface area contributed by atoms with Crippen molar-refractivity contribution in [3.8, 4) is 0 Å². The summed E-state index contributed by atoms with van der Waals surface area (Å²) in [6.45, 7) is 3.80. The summed E-state index contributed by atoms with van der Waals surface area (Å²) in [6.07, 6.45) is 1.03. The first-order valence-corrected chi connectivity index (χ1v) is 8.68.